The number of aliphatic hydroxyl groups is 1. The van der Waals surface area contributed by atoms with Crippen molar-refractivity contribution in [3.8, 4) is 0 Å². The van der Waals surface area contributed by atoms with Crippen LogP contribution in [0.4, 0.5) is 0 Å². The number of nitrogens with two attached hydrogens (primary N) is 1. The Morgan fingerprint density at radius 2 is 2.26 bits per heavy atom. The van der Waals surface area contributed by atoms with Crippen molar-refractivity contribution < 1.29 is 9.52 Å². The largest absolute Gasteiger partial charge is 0.465 e. The first kappa shape index (κ1) is 14.6. The van der Waals surface area contributed by atoms with Gasteiger partial charge in [-0.3, -0.25) is 4.90 Å². The van der Waals surface area contributed by atoms with Gasteiger partial charge >= 0.3 is 0 Å². The van der Waals surface area contributed by atoms with Crippen molar-refractivity contribution in [2.75, 3.05) is 13.1 Å². The second-order valence-electron chi connectivity index (χ2n) is 6.04. The van der Waals surface area contributed by atoms with E-state index in [0.29, 0.717) is 6.54 Å². The number of aryl methyl sites for hydroxylation is 1. The quantitative estimate of drug-likeness (QED) is 0.877. The summed E-state index contributed by atoms with van der Waals surface area (Å²) in [5, 5.41) is 10.3. The van der Waals surface area contributed by atoms with Crippen molar-refractivity contribution in [2.24, 2.45) is 5.73 Å². The molecule has 3 unspecified atom stereocenters. The molecule has 3 N–H and O–H groups in total. The highest BCUT2D eigenvalue weighted by Gasteiger charge is 2.36. The van der Waals surface area contributed by atoms with Crippen LogP contribution in [0.25, 0.3) is 0 Å². The lowest BCUT2D eigenvalue weighted by Gasteiger charge is -2.42. The van der Waals surface area contributed by atoms with Crippen molar-refractivity contribution in [3.05, 3.63) is 23.7 Å². The van der Waals surface area contributed by atoms with Gasteiger partial charge in [0.15, 0.2) is 0 Å². The molecule has 2 heterocycles. The maximum Gasteiger partial charge on any atom is 0.122 e. The molecule has 1 aliphatic heterocycles. The zero-order valence-electron chi connectivity index (χ0n) is 12.2. The minimum atomic E-state index is -0.619. The van der Waals surface area contributed by atoms with Crippen LogP contribution in [-0.2, 0) is 0 Å². The molecule has 4 nitrogen and oxygen atoms in total. The molecule has 1 aromatic heterocycles. The Kier molecular flexibility index (Phi) is 4.33. The molecule has 0 spiro atoms. The van der Waals surface area contributed by atoms with E-state index in [1.54, 1.807) is 0 Å². The Balaban J connectivity index is 2.22. The van der Waals surface area contributed by atoms with Crippen LogP contribution in [0, 0.1) is 6.92 Å². The SMILES string of the molecule is CCC(N)C(c1ccc(C)o1)N1CCCC(C)(O)C1. The molecule has 1 aromatic rings. The summed E-state index contributed by atoms with van der Waals surface area (Å²) in [5.41, 5.74) is 5.68. The van der Waals surface area contributed by atoms with Crippen LogP contribution < -0.4 is 5.73 Å². The highest BCUT2D eigenvalue weighted by molar-refractivity contribution is 5.13. The molecule has 0 aliphatic carbocycles. The number of hydrogen-bond donors (Lipinski definition) is 2. The van der Waals surface area contributed by atoms with Gasteiger partial charge in [0.25, 0.3) is 0 Å². The fraction of sp³-hybridized carbons (Fsp3) is 0.733. The van der Waals surface area contributed by atoms with Gasteiger partial charge in [0.2, 0.25) is 0 Å². The van der Waals surface area contributed by atoms with Crippen LogP contribution in [0.5, 0.6) is 0 Å². The van der Waals surface area contributed by atoms with E-state index < -0.39 is 5.60 Å². The lowest BCUT2D eigenvalue weighted by atomic mass is 9.91. The second-order valence-corrected chi connectivity index (χ2v) is 6.04. The van der Waals surface area contributed by atoms with Crippen molar-refractivity contribution in [2.45, 2.75) is 57.7 Å². The van der Waals surface area contributed by atoms with Gasteiger partial charge in [-0.2, -0.15) is 0 Å². The summed E-state index contributed by atoms with van der Waals surface area (Å²) in [6, 6.07) is 4.08. The highest BCUT2D eigenvalue weighted by atomic mass is 16.3. The van der Waals surface area contributed by atoms with E-state index in [1.165, 1.54) is 0 Å². The highest BCUT2D eigenvalue weighted by Crippen LogP contribution is 2.32. The van der Waals surface area contributed by atoms with Crippen molar-refractivity contribution in [1.82, 2.24) is 4.90 Å². The standard InChI is InChI=1S/C15H26N2O2/c1-4-12(16)14(13-7-6-11(2)19-13)17-9-5-8-15(3,18)10-17/h6-7,12,14,18H,4-5,8-10,16H2,1-3H3. The van der Waals surface area contributed by atoms with E-state index in [-0.39, 0.29) is 12.1 Å². The fourth-order valence-corrected chi connectivity index (χ4v) is 2.99. The predicted molar refractivity (Wildman–Crippen MR) is 75.9 cm³/mol. The third kappa shape index (κ3) is 3.38. The molecule has 1 aliphatic rings. The van der Waals surface area contributed by atoms with Gasteiger partial charge in [-0.05, 0) is 51.8 Å². The summed E-state index contributed by atoms with van der Waals surface area (Å²) in [7, 11) is 0. The van der Waals surface area contributed by atoms with Gasteiger partial charge in [-0.15, -0.1) is 0 Å². The van der Waals surface area contributed by atoms with E-state index in [9.17, 15) is 5.11 Å². The number of hydrogen-bond acceptors (Lipinski definition) is 4. The molecule has 1 saturated heterocycles. The summed E-state index contributed by atoms with van der Waals surface area (Å²) in [6.07, 6.45) is 2.75. The lowest BCUT2D eigenvalue weighted by Crippen LogP contribution is -2.51. The second kappa shape index (κ2) is 5.65. The third-order valence-electron chi connectivity index (χ3n) is 4.03. The lowest BCUT2D eigenvalue weighted by molar-refractivity contribution is -0.0375. The summed E-state index contributed by atoms with van der Waals surface area (Å²) < 4.78 is 5.79. The van der Waals surface area contributed by atoms with E-state index in [2.05, 4.69) is 11.8 Å². The Morgan fingerprint density at radius 1 is 1.53 bits per heavy atom. The number of furan rings is 1. The van der Waals surface area contributed by atoms with E-state index in [1.807, 2.05) is 26.0 Å². The Morgan fingerprint density at radius 3 is 2.79 bits per heavy atom. The van der Waals surface area contributed by atoms with Gasteiger partial charge in [-0.25, -0.2) is 0 Å². The molecular weight excluding hydrogens is 240 g/mol. The number of rotatable bonds is 4. The fourth-order valence-electron chi connectivity index (χ4n) is 2.99. The smallest absolute Gasteiger partial charge is 0.122 e. The first-order valence-electron chi connectivity index (χ1n) is 7.21. The first-order valence-corrected chi connectivity index (χ1v) is 7.21. The van der Waals surface area contributed by atoms with Gasteiger partial charge < -0.3 is 15.3 Å². The maximum absolute atomic E-state index is 10.3. The molecule has 0 aromatic carbocycles. The average Bonchev–Trinajstić information content (AvgIpc) is 2.74. The van der Waals surface area contributed by atoms with Gasteiger partial charge in [0.1, 0.15) is 11.5 Å². The van der Waals surface area contributed by atoms with Crippen LogP contribution in [0.3, 0.4) is 0 Å². The Labute approximate surface area is 115 Å². The molecular formula is C15H26N2O2. The summed E-state index contributed by atoms with van der Waals surface area (Å²) in [4.78, 5) is 2.27. The average molecular weight is 266 g/mol. The molecule has 0 bridgehead atoms. The number of nitrogens with zero attached hydrogens (tertiary/aromatic N) is 1. The van der Waals surface area contributed by atoms with Crippen LogP contribution >= 0.6 is 0 Å². The van der Waals surface area contributed by atoms with Crippen LogP contribution in [0.15, 0.2) is 16.5 Å². The van der Waals surface area contributed by atoms with Crippen molar-refractivity contribution in [1.29, 1.82) is 0 Å². The zero-order valence-corrected chi connectivity index (χ0v) is 12.2. The first-order chi connectivity index (χ1) is 8.93. The van der Waals surface area contributed by atoms with Crippen LogP contribution in [0.1, 0.15) is 50.7 Å². The minimum Gasteiger partial charge on any atom is -0.465 e. The summed E-state index contributed by atoms with van der Waals surface area (Å²) in [5.74, 6) is 1.83. The predicted octanol–water partition coefficient (Wildman–Crippen LogP) is 2.21. The molecule has 3 atom stereocenters. The molecule has 0 saturated carbocycles. The van der Waals surface area contributed by atoms with Crippen molar-refractivity contribution in [3.63, 3.8) is 0 Å². The summed E-state index contributed by atoms with van der Waals surface area (Å²) >= 11 is 0. The van der Waals surface area contributed by atoms with E-state index in [0.717, 1.165) is 37.3 Å². The normalized spacial score (nSPS) is 28.3. The molecule has 1 fully saturated rings. The Bertz CT molecular complexity index is 414. The monoisotopic (exact) mass is 266 g/mol. The number of likely N-dealkylation sites (tertiary alicyclic amines) is 1. The maximum atomic E-state index is 10.3. The molecule has 2 rings (SSSR count). The zero-order chi connectivity index (χ0) is 14.0. The molecule has 108 valence electrons. The number of piperidine rings is 1. The Hall–Kier alpha value is -0.840. The topological polar surface area (TPSA) is 62.6 Å². The molecule has 4 heteroatoms. The third-order valence-corrected chi connectivity index (χ3v) is 4.03. The minimum absolute atomic E-state index is 0.0273. The molecule has 0 radical (unpaired) electrons. The van der Waals surface area contributed by atoms with E-state index in [4.69, 9.17) is 10.2 Å². The van der Waals surface area contributed by atoms with Gasteiger partial charge in [0, 0.05) is 12.6 Å². The summed E-state index contributed by atoms with van der Waals surface area (Å²) in [6.45, 7) is 7.57. The van der Waals surface area contributed by atoms with Crippen LogP contribution in [0.2, 0.25) is 0 Å². The molecule has 19 heavy (non-hydrogen) atoms. The van der Waals surface area contributed by atoms with Crippen LogP contribution in [-0.4, -0.2) is 34.7 Å². The number of β-amino-alcohol motifs (C(OH)–C–C–N with tert-alkyl or cyclic N) is 1. The van der Waals surface area contributed by atoms with Gasteiger partial charge in [-0.1, -0.05) is 6.92 Å². The molecule has 0 amide bonds. The van der Waals surface area contributed by atoms with E-state index >= 15 is 0 Å². The van der Waals surface area contributed by atoms with Crippen molar-refractivity contribution >= 4 is 0 Å². The van der Waals surface area contributed by atoms with Gasteiger partial charge in [0.05, 0.1) is 11.6 Å².